The predicted octanol–water partition coefficient (Wildman–Crippen LogP) is 4.33. The number of imide groups is 2. The molecule has 1 fully saturated rings. The lowest BCUT2D eigenvalue weighted by molar-refractivity contribution is -0.122. The van der Waals surface area contributed by atoms with Crippen LogP contribution in [0.25, 0.3) is 6.08 Å². The lowest BCUT2D eigenvalue weighted by Crippen LogP contribution is -2.54. The molecule has 0 aliphatic carbocycles. The van der Waals surface area contributed by atoms with Crippen molar-refractivity contribution < 1.29 is 23.9 Å². The molecule has 1 aliphatic heterocycles. The van der Waals surface area contributed by atoms with E-state index < -0.39 is 17.8 Å². The van der Waals surface area contributed by atoms with Crippen molar-refractivity contribution >= 4 is 52.8 Å². The summed E-state index contributed by atoms with van der Waals surface area (Å²) in [6.07, 6.45) is 1.38. The summed E-state index contributed by atoms with van der Waals surface area (Å²) in [5.41, 5.74) is 1.92. The van der Waals surface area contributed by atoms with Gasteiger partial charge in [0, 0.05) is 10.7 Å². The van der Waals surface area contributed by atoms with Crippen molar-refractivity contribution in [3.63, 3.8) is 0 Å². The highest BCUT2D eigenvalue weighted by atomic mass is 35.5. The first kappa shape index (κ1) is 23.7. The number of urea groups is 1. The normalized spacial score (nSPS) is 14.6. The Morgan fingerprint density at radius 1 is 1.03 bits per heavy atom. The van der Waals surface area contributed by atoms with E-state index in [1.807, 2.05) is 18.2 Å². The zero-order valence-electron chi connectivity index (χ0n) is 18.6. The lowest BCUT2D eigenvalue weighted by Gasteiger charge is -2.27. The van der Waals surface area contributed by atoms with E-state index in [-0.39, 0.29) is 23.8 Å². The van der Waals surface area contributed by atoms with Crippen molar-refractivity contribution in [2.45, 2.75) is 6.92 Å². The van der Waals surface area contributed by atoms with E-state index in [1.54, 1.807) is 55.5 Å². The summed E-state index contributed by atoms with van der Waals surface area (Å²) in [7, 11) is 0. The minimum atomic E-state index is -0.847. The number of benzene rings is 3. The highest BCUT2D eigenvalue weighted by Crippen LogP contribution is 2.28. The van der Waals surface area contributed by atoms with E-state index in [0.29, 0.717) is 27.6 Å². The number of carbonyl (C=O) groups is 4. The summed E-state index contributed by atoms with van der Waals surface area (Å²) in [6, 6.07) is 19.4. The molecule has 9 heteroatoms. The summed E-state index contributed by atoms with van der Waals surface area (Å²) in [6.45, 7) is 1.54. The number of halogens is 1. The third-order valence-electron chi connectivity index (χ3n) is 5.13. The van der Waals surface area contributed by atoms with Gasteiger partial charge < -0.3 is 10.1 Å². The second kappa shape index (κ2) is 10.2. The second-order valence-electron chi connectivity index (χ2n) is 7.66. The smallest absolute Gasteiger partial charge is 0.335 e. The van der Waals surface area contributed by atoms with Crippen LogP contribution in [0.4, 0.5) is 16.2 Å². The van der Waals surface area contributed by atoms with E-state index in [4.69, 9.17) is 16.3 Å². The molecule has 4 rings (SSSR count). The zero-order chi connectivity index (χ0) is 24.9. The van der Waals surface area contributed by atoms with Gasteiger partial charge in [0.15, 0.2) is 6.61 Å². The molecule has 3 aromatic carbocycles. The average Bonchev–Trinajstić information content (AvgIpc) is 2.84. The van der Waals surface area contributed by atoms with Gasteiger partial charge in [-0.1, -0.05) is 48.0 Å². The number of hydrogen-bond acceptors (Lipinski definition) is 5. The van der Waals surface area contributed by atoms with Crippen LogP contribution in [0, 0.1) is 6.92 Å². The molecule has 0 bridgehead atoms. The molecule has 0 saturated carbocycles. The Hall–Kier alpha value is -4.43. The highest BCUT2D eigenvalue weighted by molar-refractivity contribution is 6.39. The standard InChI is InChI=1S/C26H20ClN3O5/c1-16-7-10-18(27)14-22(16)30-25(33)21(24(32)29-26(30)34)13-17-8-11-20(12-9-17)35-15-23(31)28-19-5-3-2-4-6-19/h2-14H,15H2,1H3,(H,28,31)(H,29,32,34)/b21-13+. The van der Waals surface area contributed by atoms with Crippen LogP contribution < -0.4 is 20.3 Å². The quantitative estimate of drug-likeness (QED) is 0.396. The van der Waals surface area contributed by atoms with Crippen LogP contribution >= 0.6 is 11.6 Å². The molecule has 1 aliphatic rings. The number of amides is 5. The highest BCUT2D eigenvalue weighted by Gasteiger charge is 2.37. The number of rotatable bonds is 6. The fourth-order valence-electron chi connectivity index (χ4n) is 3.39. The molecule has 0 aromatic heterocycles. The third kappa shape index (κ3) is 5.56. The van der Waals surface area contributed by atoms with Crippen molar-refractivity contribution in [3.05, 3.63) is 94.5 Å². The van der Waals surface area contributed by atoms with Gasteiger partial charge in [0.05, 0.1) is 5.69 Å². The van der Waals surface area contributed by atoms with Crippen LogP contribution in [0.2, 0.25) is 5.02 Å². The molecule has 8 nitrogen and oxygen atoms in total. The fraction of sp³-hybridized carbons (Fsp3) is 0.0769. The Morgan fingerprint density at radius 3 is 2.46 bits per heavy atom. The molecule has 176 valence electrons. The van der Waals surface area contributed by atoms with Gasteiger partial charge in [0.2, 0.25) is 0 Å². The molecule has 0 atom stereocenters. The van der Waals surface area contributed by atoms with Gasteiger partial charge in [-0.05, 0) is 60.5 Å². The van der Waals surface area contributed by atoms with E-state index >= 15 is 0 Å². The lowest BCUT2D eigenvalue weighted by atomic mass is 10.1. The minimum Gasteiger partial charge on any atom is -0.484 e. The minimum absolute atomic E-state index is 0.188. The van der Waals surface area contributed by atoms with Crippen molar-refractivity contribution in [1.29, 1.82) is 0 Å². The first-order chi connectivity index (χ1) is 16.8. The molecular formula is C26H20ClN3O5. The Morgan fingerprint density at radius 2 is 1.74 bits per heavy atom. The molecule has 1 heterocycles. The fourth-order valence-corrected chi connectivity index (χ4v) is 3.56. The second-order valence-corrected chi connectivity index (χ2v) is 8.10. The molecule has 1 saturated heterocycles. The Labute approximate surface area is 206 Å². The van der Waals surface area contributed by atoms with Crippen molar-refractivity contribution in [3.8, 4) is 5.75 Å². The Kier molecular flexibility index (Phi) is 6.93. The summed E-state index contributed by atoms with van der Waals surface area (Å²) in [5.74, 6) is -1.44. The summed E-state index contributed by atoms with van der Waals surface area (Å²) in [4.78, 5) is 50.8. The number of barbiturate groups is 1. The van der Waals surface area contributed by atoms with Gasteiger partial charge in [-0.3, -0.25) is 19.7 Å². The van der Waals surface area contributed by atoms with Crippen LogP contribution in [0.3, 0.4) is 0 Å². The van der Waals surface area contributed by atoms with Crippen LogP contribution in [-0.4, -0.2) is 30.4 Å². The monoisotopic (exact) mass is 489 g/mol. The summed E-state index contributed by atoms with van der Waals surface area (Å²) in [5, 5.41) is 5.26. The average molecular weight is 490 g/mol. The van der Waals surface area contributed by atoms with E-state index in [9.17, 15) is 19.2 Å². The van der Waals surface area contributed by atoms with Gasteiger partial charge in [0.25, 0.3) is 17.7 Å². The van der Waals surface area contributed by atoms with Crippen molar-refractivity contribution in [1.82, 2.24) is 5.32 Å². The number of anilines is 2. The van der Waals surface area contributed by atoms with E-state index in [2.05, 4.69) is 10.6 Å². The summed E-state index contributed by atoms with van der Waals surface area (Å²) >= 11 is 6.04. The number of aryl methyl sites for hydroxylation is 1. The largest absolute Gasteiger partial charge is 0.484 e. The Bertz CT molecular complexity index is 1340. The summed E-state index contributed by atoms with van der Waals surface area (Å²) < 4.78 is 5.50. The predicted molar refractivity (Wildman–Crippen MR) is 132 cm³/mol. The van der Waals surface area contributed by atoms with Crippen LogP contribution in [-0.2, 0) is 14.4 Å². The maximum atomic E-state index is 13.1. The first-order valence-corrected chi connectivity index (χ1v) is 10.9. The molecule has 5 amide bonds. The number of nitrogens with zero attached hydrogens (tertiary/aromatic N) is 1. The van der Waals surface area contributed by atoms with Gasteiger partial charge in [-0.2, -0.15) is 0 Å². The molecule has 0 unspecified atom stereocenters. The van der Waals surface area contributed by atoms with Crippen LogP contribution in [0.1, 0.15) is 11.1 Å². The van der Waals surface area contributed by atoms with Gasteiger partial charge >= 0.3 is 6.03 Å². The van der Waals surface area contributed by atoms with Crippen LogP contribution in [0.15, 0.2) is 78.4 Å². The van der Waals surface area contributed by atoms with Crippen molar-refractivity contribution in [2.24, 2.45) is 0 Å². The third-order valence-corrected chi connectivity index (χ3v) is 5.37. The van der Waals surface area contributed by atoms with Crippen LogP contribution in [0.5, 0.6) is 5.75 Å². The SMILES string of the molecule is Cc1ccc(Cl)cc1N1C(=O)NC(=O)/C(=C\c2ccc(OCC(=O)Nc3ccccc3)cc2)C1=O. The molecule has 0 spiro atoms. The maximum Gasteiger partial charge on any atom is 0.335 e. The number of nitrogens with one attached hydrogen (secondary N) is 2. The van der Waals surface area contributed by atoms with E-state index in [0.717, 1.165) is 4.90 Å². The van der Waals surface area contributed by atoms with Gasteiger partial charge in [-0.25, -0.2) is 9.69 Å². The van der Waals surface area contributed by atoms with E-state index in [1.165, 1.54) is 12.1 Å². The molecule has 3 aromatic rings. The zero-order valence-corrected chi connectivity index (χ0v) is 19.3. The van der Waals surface area contributed by atoms with Gasteiger partial charge in [0.1, 0.15) is 11.3 Å². The molecule has 35 heavy (non-hydrogen) atoms. The topological polar surface area (TPSA) is 105 Å². The number of para-hydroxylation sites is 1. The number of hydrogen-bond donors (Lipinski definition) is 2. The van der Waals surface area contributed by atoms with Gasteiger partial charge in [-0.15, -0.1) is 0 Å². The van der Waals surface area contributed by atoms with Crippen molar-refractivity contribution in [2.75, 3.05) is 16.8 Å². The molecule has 2 N–H and O–H groups in total. The number of carbonyl (C=O) groups excluding carboxylic acids is 4. The molecular weight excluding hydrogens is 470 g/mol. The Balaban J connectivity index is 1.46. The maximum absolute atomic E-state index is 13.1. The molecule has 0 radical (unpaired) electrons. The number of ether oxygens (including phenoxy) is 1. The first-order valence-electron chi connectivity index (χ1n) is 10.6.